The average Bonchev–Trinajstić information content (AvgIpc) is 3.29. The zero-order valence-corrected chi connectivity index (χ0v) is 23.5. The van der Waals surface area contributed by atoms with Crippen molar-refractivity contribution in [2.45, 2.75) is 33.1 Å². The molecule has 0 bridgehead atoms. The van der Waals surface area contributed by atoms with E-state index in [-0.39, 0.29) is 41.1 Å². The molecule has 6 rings (SSSR count). The van der Waals surface area contributed by atoms with Crippen LogP contribution < -0.4 is 0 Å². The van der Waals surface area contributed by atoms with Gasteiger partial charge in [0.15, 0.2) is 0 Å². The number of hydrogen-bond acceptors (Lipinski definition) is 7. The highest BCUT2D eigenvalue weighted by molar-refractivity contribution is 7.11. The Morgan fingerprint density at radius 1 is 1.10 bits per heavy atom. The third-order valence-corrected chi connectivity index (χ3v) is 9.36. The van der Waals surface area contributed by atoms with E-state index in [9.17, 15) is 22.8 Å². The minimum atomic E-state index is -4.50. The van der Waals surface area contributed by atoms with Crippen LogP contribution in [0.15, 0.2) is 48.2 Å². The van der Waals surface area contributed by atoms with E-state index in [1.807, 2.05) is 9.80 Å². The van der Waals surface area contributed by atoms with Crippen LogP contribution in [-0.2, 0) is 22.3 Å². The van der Waals surface area contributed by atoms with Crippen LogP contribution in [0.4, 0.5) is 13.2 Å². The van der Waals surface area contributed by atoms with Crippen molar-refractivity contribution < 1.29 is 27.5 Å². The van der Waals surface area contributed by atoms with E-state index >= 15 is 0 Å². The van der Waals surface area contributed by atoms with Gasteiger partial charge in [-0.25, -0.2) is 0 Å². The largest absolute Gasteiger partial charge is 0.433 e. The van der Waals surface area contributed by atoms with Crippen LogP contribution in [0.5, 0.6) is 0 Å². The first-order valence-electron chi connectivity index (χ1n) is 13.5. The van der Waals surface area contributed by atoms with E-state index in [1.54, 1.807) is 29.9 Å². The van der Waals surface area contributed by atoms with Crippen molar-refractivity contribution in [1.82, 2.24) is 24.8 Å². The molecule has 1 aliphatic carbocycles. The highest BCUT2D eigenvalue weighted by Gasteiger charge is 2.60. The number of rotatable bonds is 7. The number of hydrogen-bond donors (Lipinski definition) is 0. The number of aromatic nitrogens is 3. The average molecular weight is 586 g/mol. The maximum absolute atomic E-state index is 13.1. The molecule has 216 valence electrons. The van der Waals surface area contributed by atoms with Gasteiger partial charge in [-0.05, 0) is 36.1 Å². The summed E-state index contributed by atoms with van der Waals surface area (Å²) in [5, 5.41) is 0. The van der Waals surface area contributed by atoms with Crippen molar-refractivity contribution in [3.05, 3.63) is 64.5 Å². The summed E-state index contributed by atoms with van der Waals surface area (Å²) in [4.78, 5) is 42.6. The fourth-order valence-corrected chi connectivity index (χ4v) is 6.56. The zero-order valence-electron chi connectivity index (χ0n) is 22.7. The first kappa shape index (κ1) is 27.8. The Balaban J connectivity index is 1.11. The molecule has 0 N–H and O–H groups in total. The summed E-state index contributed by atoms with van der Waals surface area (Å²) in [6, 6.07) is 7.58. The fourth-order valence-electron chi connectivity index (χ4n) is 5.97. The van der Waals surface area contributed by atoms with Crippen LogP contribution in [0, 0.1) is 22.7 Å². The van der Waals surface area contributed by atoms with Crippen molar-refractivity contribution in [1.29, 1.82) is 0 Å². The van der Waals surface area contributed by atoms with E-state index in [0.717, 1.165) is 12.5 Å². The predicted octanol–water partition coefficient (Wildman–Crippen LogP) is 4.78. The standard InChI is InChI=1S/C29H30F3N5O3S/c1-27(2)8-21(27)25(38)37-15-28(16-37)14-36(26(39)23-10-33-17-41-23)11-19(28)12-40-13-20-4-3-5-22(35-20)18-6-7-24(34-9-18)29(30,31)32/h3-7,9-10,17,19,21H,8,11-16H2,1-2H3/t19-,21+/m0/s1. The quantitative estimate of drug-likeness (QED) is 0.397. The second-order valence-electron chi connectivity index (χ2n) is 12.0. The third kappa shape index (κ3) is 5.46. The molecule has 2 aliphatic heterocycles. The van der Waals surface area contributed by atoms with Gasteiger partial charge in [-0.1, -0.05) is 19.9 Å². The number of pyridine rings is 2. The lowest BCUT2D eigenvalue weighted by Crippen LogP contribution is -2.63. The molecule has 2 atom stereocenters. The number of nitrogens with zero attached hydrogens (tertiary/aromatic N) is 5. The predicted molar refractivity (Wildman–Crippen MR) is 145 cm³/mol. The topological polar surface area (TPSA) is 88.5 Å². The van der Waals surface area contributed by atoms with Crippen LogP contribution >= 0.6 is 11.3 Å². The normalized spacial score (nSPS) is 22.6. The van der Waals surface area contributed by atoms with Gasteiger partial charge in [0.2, 0.25) is 5.91 Å². The van der Waals surface area contributed by atoms with Crippen molar-refractivity contribution in [3.8, 4) is 11.3 Å². The summed E-state index contributed by atoms with van der Waals surface area (Å²) in [6.07, 6.45) is -0.842. The van der Waals surface area contributed by atoms with Crippen molar-refractivity contribution in [2.75, 3.05) is 32.8 Å². The molecule has 3 aromatic heterocycles. The summed E-state index contributed by atoms with van der Waals surface area (Å²) < 4.78 is 44.7. The number of likely N-dealkylation sites (tertiary alicyclic amines) is 2. The van der Waals surface area contributed by atoms with Gasteiger partial charge in [0.1, 0.15) is 10.6 Å². The maximum Gasteiger partial charge on any atom is 0.433 e. The number of ether oxygens (including phenoxy) is 1. The molecule has 3 aromatic rings. The van der Waals surface area contributed by atoms with Gasteiger partial charge >= 0.3 is 6.18 Å². The van der Waals surface area contributed by atoms with Gasteiger partial charge < -0.3 is 14.5 Å². The maximum atomic E-state index is 13.1. The molecular formula is C29H30F3N5O3S. The van der Waals surface area contributed by atoms with Crippen molar-refractivity contribution in [3.63, 3.8) is 0 Å². The number of alkyl halides is 3. The smallest absolute Gasteiger partial charge is 0.375 e. The second-order valence-corrected chi connectivity index (χ2v) is 12.9. The summed E-state index contributed by atoms with van der Waals surface area (Å²) in [6.45, 7) is 7.12. The lowest BCUT2D eigenvalue weighted by atomic mass is 9.71. The lowest BCUT2D eigenvalue weighted by molar-refractivity contribution is -0.148. The molecule has 0 aromatic carbocycles. The highest BCUT2D eigenvalue weighted by Crippen LogP contribution is 2.54. The van der Waals surface area contributed by atoms with Gasteiger partial charge in [-0.3, -0.25) is 24.5 Å². The number of halogens is 3. The van der Waals surface area contributed by atoms with Gasteiger partial charge in [0.05, 0.1) is 36.3 Å². The number of carbonyl (C=O) groups excluding carboxylic acids is 2. The molecule has 41 heavy (non-hydrogen) atoms. The Bertz CT molecular complexity index is 1440. The van der Waals surface area contributed by atoms with Gasteiger partial charge in [0, 0.05) is 55.2 Å². The van der Waals surface area contributed by atoms with E-state index < -0.39 is 11.9 Å². The number of thiazole rings is 1. The molecule has 12 heteroatoms. The molecule has 3 fully saturated rings. The van der Waals surface area contributed by atoms with E-state index in [4.69, 9.17) is 4.74 Å². The Labute approximate surface area is 239 Å². The third-order valence-electron chi connectivity index (χ3n) is 8.60. The lowest BCUT2D eigenvalue weighted by Gasteiger charge is -2.51. The van der Waals surface area contributed by atoms with Crippen LogP contribution in [-0.4, -0.2) is 69.4 Å². The molecule has 1 saturated carbocycles. The van der Waals surface area contributed by atoms with Crippen LogP contribution in [0.1, 0.15) is 41.3 Å². The first-order chi connectivity index (χ1) is 19.5. The summed E-state index contributed by atoms with van der Waals surface area (Å²) in [7, 11) is 0. The van der Waals surface area contributed by atoms with Gasteiger partial charge in [0.25, 0.3) is 5.91 Å². The number of amides is 2. The second kappa shape index (κ2) is 10.2. The monoisotopic (exact) mass is 585 g/mol. The Morgan fingerprint density at radius 3 is 2.49 bits per heavy atom. The molecule has 0 radical (unpaired) electrons. The Kier molecular flexibility index (Phi) is 6.88. The van der Waals surface area contributed by atoms with Crippen molar-refractivity contribution >= 4 is 23.2 Å². The van der Waals surface area contributed by atoms with Gasteiger partial charge in [-0.15, -0.1) is 11.3 Å². The molecule has 5 heterocycles. The van der Waals surface area contributed by atoms with E-state index in [1.165, 1.54) is 23.6 Å². The molecule has 1 spiro atoms. The minimum Gasteiger partial charge on any atom is -0.375 e. The summed E-state index contributed by atoms with van der Waals surface area (Å²) in [5.41, 5.74) is 2.13. The minimum absolute atomic E-state index is 0.0398. The van der Waals surface area contributed by atoms with E-state index in [2.05, 4.69) is 28.8 Å². The van der Waals surface area contributed by atoms with E-state index in [0.29, 0.717) is 54.6 Å². The summed E-state index contributed by atoms with van der Waals surface area (Å²) in [5.74, 6) is 0.260. The number of carbonyl (C=O) groups is 2. The van der Waals surface area contributed by atoms with Crippen molar-refractivity contribution in [2.24, 2.45) is 22.7 Å². The Hall–Kier alpha value is -3.38. The van der Waals surface area contributed by atoms with Crippen LogP contribution in [0.25, 0.3) is 11.3 Å². The zero-order chi connectivity index (χ0) is 29.0. The van der Waals surface area contributed by atoms with Crippen LogP contribution in [0.3, 0.4) is 0 Å². The molecule has 2 amide bonds. The van der Waals surface area contributed by atoms with Gasteiger partial charge in [-0.2, -0.15) is 13.2 Å². The van der Waals surface area contributed by atoms with Crippen LogP contribution in [0.2, 0.25) is 0 Å². The fraction of sp³-hybridized carbons (Fsp3) is 0.483. The first-order valence-corrected chi connectivity index (χ1v) is 14.4. The SMILES string of the molecule is CC1(C)C[C@@H]1C(=O)N1CC2(CN(C(=O)c3cncs3)C[C@H]2COCc2cccc(-c3ccc(C(F)(F)F)nc3)n2)C1. The molecule has 2 saturated heterocycles. The molecule has 0 unspecified atom stereocenters. The summed E-state index contributed by atoms with van der Waals surface area (Å²) >= 11 is 1.31. The highest BCUT2D eigenvalue weighted by atomic mass is 32.1. The molecular weight excluding hydrogens is 555 g/mol. The molecule has 8 nitrogen and oxygen atoms in total. The Morgan fingerprint density at radius 2 is 1.85 bits per heavy atom. The molecule has 3 aliphatic rings.